The van der Waals surface area contributed by atoms with Gasteiger partial charge in [0.15, 0.2) is 0 Å². The Bertz CT molecular complexity index is 413. The average Bonchev–Trinajstić information content (AvgIpc) is 2.29. The molecule has 0 amide bonds. The maximum absolute atomic E-state index is 11.0. The van der Waals surface area contributed by atoms with E-state index in [-0.39, 0.29) is 0 Å². The van der Waals surface area contributed by atoms with Gasteiger partial charge in [-0.1, -0.05) is 43.1 Å². The predicted octanol–water partition coefficient (Wildman–Crippen LogP) is 4.72. The van der Waals surface area contributed by atoms with Crippen LogP contribution >= 0.6 is 11.6 Å². The van der Waals surface area contributed by atoms with Crippen LogP contribution in [0.3, 0.4) is 0 Å². The molecule has 1 N–H and O–H groups in total. The van der Waals surface area contributed by atoms with Gasteiger partial charge in [0.2, 0.25) is 0 Å². The number of aliphatic carboxylic acids is 1. The molecule has 0 fully saturated rings. The number of benzene rings is 1. The van der Waals surface area contributed by atoms with Crippen molar-refractivity contribution in [2.24, 2.45) is 5.41 Å². The molecule has 0 aliphatic carbocycles. The SMILES string of the molecule is CC(CCCC(C)(C)C(=O)O)c1ccccc1Cl. The van der Waals surface area contributed by atoms with Crippen LogP contribution in [0.15, 0.2) is 24.3 Å². The molecule has 2 nitrogen and oxygen atoms in total. The zero-order valence-corrected chi connectivity index (χ0v) is 12.0. The van der Waals surface area contributed by atoms with Crippen molar-refractivity contribution in [1.29, 1.82) is 0 Å². The van der Waals surface area contributed by atoms with Crippen LogP contribution in [0, 0.1) is 5.41 Å². The molecule has 0 radical (unpaired) electrons. The normalized spacial score (nSPS) is 13.3. The van der Waals surface area contributed by atoms with E-state index in [1.807, 2.05) is 24.3 Å². The molecule has 100 valence electrons. The number of carboxylic acids is 1. The van der Waals surface area contributed by atoms with Crippen molar-refractivity contribution in [2.45, 2.75) is 46.0 Å². The van der Waals surface area contributed by atoms with Gasteiger partial charge in [-0.05, 0) is 44.2 Å². The van der Waals surface area contributed by atoms with E-state index in [0.717, 1.165) is 23.4 Å². The molecule has 1 unspecified atom stereocenters. The lowest BCUT2D eigenvalue weighted by atomic mass is 9.85. The standard InChI is InChI=1S/C15H21ClO2/c1-11(12-8-4-5-9-13(12)16)7-6-10-15(2,3)14(17)18/h4-5,8-9,11H,6-7,10H2,1-3H3,(H,17,18). The molecule has 1 aromatic rings. The van der Waals surface area contributed by atoms with Gasteiger partial charge in [0, 0.05) is 5.02 Å². The summed E-state index contributed by atoms with van der Waals surface area (Å²) in [4.78, 5) is 11.0. The molecular formula is C15H21ClO2. The van der Waals surface area contributed by atoms with Crippen LogP contribution in [-0.2, 0) is 4.79 Å². The summed E-state index contributed by atoms with van der Waals surface area (Å²) in [5.74, 6) is -0.365. The first-order valence-electron chi connectivity index (χ1n) is 6.32. The number of carbonyl (C=O) groups is 1. The maximum Gasteiger partial charge on any atom is 0.309 e. The Balaban J connectivity index is 2.50. The van der Waals surface area contributed by atoms with Crippen LogP contribution < -0.4 is 0 Å². The Hall–Kier alpha value is -1.02. The summed E-state index contributed by atoms with van der Waals surface area (Å²) in [6.45, 7) is 5.68. The predicted molar refractivity (Wildman–Crippen MR) is 75.1 cm³/mol. The molecule has 1 aromatic carbocycles. The van der Waals surface area contributed by atoms with Crippen molar-refractivity contribution >= 4 is 17.6 Å². The first kappa shape index (κ1) is 15.0. The van der Waals surface area contributed by atoms with E-state index in [4.69, 9.17) is 16.7 Å². The molecule has 0 saturated heterocycles. The number of halogens is 1. The zero-order chi connectivity index (χ0) is 13.8. The second-order valence-electron chi connectivity index (χ2n) is 5.50. The van der Waals surface area contributed by atoms with E-state index in [1.165, 1.54) is 0 Å². The van der Waals surface area contributed by atoms with Crippen LogP contribution in [0.4, 0.5) is 0 Å². The number of rotatable bonds is 6. The van der Waals surface area contributed by atoms with Crippen molar-refractivity contribution in [2.75, 3.05) is 0 Å². The Morgan fingerprint density at radius 2 is 2.00 bits per heavy atom. The van der Waals surface area contributed by atoms with E-state index in [2.05, 4.69) is 6.92 Å². The minimum atomic E-state index is -0.729. The zero-order valence-electron chi connectivity index (χ0n) is 11.2. The van der Waals surface area contributed by atoms with Gasteiger partial charge < -0.3 is 5.11 Å². The fraction of sp³-hybridized carbons (Fsp3) is 0.533. The highest BCUT2D eigenvalue weighted by Crippen LogP contribution is 2.30. The molecule has 0 heterocycles. The monoisotopic (exact) mass is 268 g/mol. The van der Waals surface area contributed by atoms with Crippen LogP contribution in [-0.4, -0.2) is 11.1 Å². The molecule has 18 heavy (non-hydrogen) atoms. The van der Waals surface area contributed by atoms with Crippen LogP contribution in [0.5, 0.6) is 0 Å². The van der Waals surface area contributed by atoms with Crippen molar-refractivity contribution in [3.05, 3.63) is 34.9 Å². The Morgan fingerprint density at radius 1 is 1.39 bits per heavy atom. The molecule has 1 rings (SSSR count). The van der Waals surface area contributed by atoms with Crippen LogP contribution in [0.2, 0.25) is 5.02 Å². The van der Waals surface area contributed by atoms with Gasteiger partial charge in [-0.2, -0.15) is 0 Å². The van der Waals surface area contributed by atoms with Crippen molar-refractivity contribution in [3.63, 3.8) is 0 Å². The van der Waals surface area contributed by atoms with Gasteiger partial charge in [0.25, 0.3) is 0 Å². The summed E-state index contributed by atoms with van der Waals surface area (Å²) in [7, 11) is 0. The third kappa shape index (κ3) is 4.02. The van der Waals surface area contributed by atoms with E-state index in [0.29, 0.717) is 12.3 Å². The van der Waals surface area contributed by atoms with Crippen LogP contribution in [0.1, 0.15) is 51.5 Å². The lowest BCUT2D eigenvalue weighted by Crippen LogP contribution is -2.23. The van der Waals surface area contributed by atoms with E-state index >= 15 is 0 Å². The van der Waals surface area contributed by atoms with Gasteiger partial charge >= 0.3 is 5.97 Å². The van der Waals surface area contributed by atoms with Gasteiger partial charge in [-0.15, -0.1) is 0 Å². The highest BCUT2D eigenvalue weighted by atomic mass is 35.5. The number of carboxylic acid groups (broad SMARTS) is 1. The van der Waals surface area contributed by atoms with Gasteiger partial charge in [-0.3, -0.25) is 4.79 Å². The Labute approximate surface area is 114 Å². The summed E-state index contributed by atoms with van der Waals surface area (Å²) in [6, 6.07) is 7.84. The molecule has 0 aliphatic heterocycles. The fourth-order valence-electron chi connectivity index (χ4n) is 1.99. The van der Waals surface area contributed by atoms with Crippen molar-refractivity contribution < 1.29 is 9.90 Å². The van der Waals surface area contributed by atoms with E-state index in [1.54, 1.807) is 13.8 Å². The molecular weight excluding hydrogens is 248 g/mol. The summed E-state index contributed by atoms with van der Waals surface area (Å²) in [5, 5.41) is 9.84. The van der Waals surface area contributed by atoms with Crippen molar-refractivity contribution in [1.82, 2.24) is 0 Å². The third-order valence-electron chi connectivity index (χ3n) is 3.45. The minimum Gasteiger partial charge on any atom is -0.481 e. The van der Waals surface area contributed by atoms with Gasteiger partial charge in [-0.25, -0.2) is 0 Å². The quantitative estimate of drug-likeness (QED) is 0.810. The minimum absolute atomic E-state index is 0.364. The summed E-state index contributed by atoms with van der Waals surface area (Å²) in [6.07, 6.45) is 2.54. The fourth-order valence-corrected chi connectivity index (χ4v) is 2.31. The van der Waals surface area contributed by atoms with Gasteiger partial charge in [0.1, 0.15) is 0 Å². The smallest absolute Gasteiger partial charge is 0.309 e. The molecule has 3 heteroatoms. The lowest BCUT2D eigenvalue weighted by molar-refractivity contribution is -0.147. The molecule has 0 bridgehead atoms. The van der Waals surface area contributed by atoms with Crippen LogP contribution in [0.25, 0.3) is 0 Å². The third-order valence-corrected chi connectivity index (χ3v) is 3.80. The van der Waals surface area contributed by atoms with E-state index in [9.17, 15) is 4.79 Å². The Morgan fingerprint density at radius 3 is 2.56 bits per heavy atom. The average molecular weight is 269 g/mol. The molecule has 0 aromatic heterocycles. The lowest BCUT2D eigenvalue weighted by Gasteiger charge is -2.20. The highest BCUT2D eigenvalue weighted by molar-refractivity contribution is 6.31. The molecule has 0 saturated carbocycles. The first-order valence-corrected chi connectivity index (χ1v) is 6.70. The topological polar surface area (TPSA) is 37.3 Å². The van der Waals surface area contributed by atoms with Crippen molar-refractivity contribution in [3.8, 4) is 0 Å². The number of hydrogen-bond donors (Lipinski definition) is 1. The summed E-state index contributed by atoms with van der Waals surface area (Å²) in [5.41, 5.74) is 0.507. The van der Waals surface area contributed by atoms with E-state index < -0.39 is 11.4 Å². The van der Waals surface area contributed by atoms with Gasteiger partial charge in [0.05, 0.1) is 5.41 Å². The first-order chi connectivity index (χ1) is 8.34. The molecule has 0 aliphatic rings. The molecule has 0 spiro atoms. The second-order valence-corrected chi connectivity index (χ2v) is 5.91. The largest absolute Gasteiger partial charge is 0.481 e. The number of hydrogen-bond acceptors (Lipinski definition) is 1. The second kappa shape index (κ2) is 6.24. The summed E-state index contributed by atoms with van der Waals surface area (Å²) < 4.78 is 0. The maximum atomic E-state index is 11.0. The summed E-state index contributed by atoms with van der Waals surface area (Å²) >= 11 is 6.14. The Kier molecular flexibility index (Phi) is 5.21. The molecule has 1 atom stereocenters. The highest BCUT2D eigenvalue weighted by Gasteiger charge is 2.26.